The van der Waals surface area contributed by atoms with Gasteiger partial charge in [0.1, 0.15) is 12.2 Å². The van der Waals surface area contributed by atoms with Crippen molar-refractivity contribution in [3.8, 4) is 11.5 Å². The van der Waals surface area contributed by atoms with Gasteiger partial charge >= 0.3 is 5.97 Å². The molecule has 0 saturated heterocycles. The first-order valence-corrected chi connectivity index (χ1v) is 7.86. The van der Waals surface area contributed by atoms with Gasteiger partial charge in [-0.05, 0) is 58.7 Å². The maximum Gasteiger partial charge on any atom is 0.342 e. The predicted molar refractivity (Wildman–Crippen MR) is 92.0 cm³/mol. The van der Waals surface area contributed by atoms with E-state index in [1.165, 1.54) is 17.2 Å². The molecule has 1 N–H and O–H groups in total. The van der Waals surface area contributed by atoms with Crippen LogP contribution in [0.3, 0.4) is 0 Å². The summed E-state index contributed by atoms with van der Waals surface area (Å²) in [5, 5.41) is 10.1. The van der Waals surface area contributed by atoms with E-state index in [1.807, 2.05) is 6.08 Å². The molecule has 0 heterocycles. The summed E-state index contributed by atoms with van der Waals surface area (Å²) in [4.78, 5) is 11.7. The second-order valence-corrected chi connectivity index (χ2v) is 5.55. The van der Waals surface area contributed by atoms with E-state index in [1.54, 1.807) is 19.1 Å². The van der Waals surface area contributed by atoms with Gasteiger partial charge in [-0.15, -0.1) is 0 Å². The Morgan fingerprint density at radius 3 is 2.61 bits per heavy atom. The van der Waals surface area contributed by atoms with Gasteiger partial charge in [-0.25, -0.2) is 4.79 Å². The Bertz CT molecular complexity index is 581. The molecule has 1 aromatic rings. The first kappa shape index (κ1) is 18.8. The maximum absolute atomic E-state index is 11.7. The Morgan fingerprint density at radius 2 is 1.96 bits per heavy atom. The summed E-state index contributed by atoms with van der Waals surface area (Å²) in [6, 6.07) is 4.80. The smallest absolute Gasteiger partial charge is 0.342 e. The van der Waals surface area contributed by atoms with Gasteiger partial charge in [-0.2, -0.15) is 0 Å². The lowest BCUT2D eigenvalue weighted by atomic mass is 10.1. The Balaban J connectivity index is 2.63. The lowest BCUT2D eigenvalue weighted by Crippen LogP contribution is -2.06. The van der Waals surface area contributed by atoms with Crippen LogP contribution in [0.25, 0.3) is 0 Å². The Labute approximate surface area is 138 Å². The normalized spacial score (nSPS) is 11.0. The molecule has 0 unspecified atom stereocenters. The fraction of sp³-hybridized carbons (Fsp3) is 0.421. The molecule has 4 heteroatoms. The second-order valence-electron chi connectivity index (χ2n) is 5.55. The lowest BCUT2D eigenvalue weighted by molar-refractivity contribution is 0.0522. The minimum atomic E-state index is -0.552. The molecule has 0 aromatic heterocycles. The van der Waals surface area contributed by atoms with Gasteiger partial charge in [0, 0.05) is 0 Å². The molecule has 0 aliphatic carbocycles. The minimum absolute atomic E-state index is 0.119. The highest BCUT2D eigenvalue weighted by Gasteiger charge is 2.15. The molecule has 0 saturated carbocycles. The zero-order valence-electron chi connectivity index (χ0n) is 14.4. The van der Waals surface area contributed by atoms with Crippen LogP contribution in [-0.2, 0) is 4.74 Å². The van der Waals surface area contributed by atoms with E-state index < -0.39 is 5.97 Å². The van der Waals surface area contributed by atoms with E-state index in [9.17, 15) is 9.90 Å². The second kappa shape index (κ2) is 9.72. The number of carbonyl (C=O) groups is 1. The molecular weight excluding hydrogens is 292 g/mol. The number of esters is 1. The topological polar surface area (TPSA) is 55.8 Å². The van der Waals surface area contributed by atoms with Gasteiger partial charge < -0.3 is 14.6 Å². The van der Waals surface area contributed by atoms with Crippen molar-refractivity contribution in [2.24, 2.45) is 0 Å². The highest BCUT2D eigenvalue weighted by Crippen LogP contribution is 2.30. The Hall–Kier alpha value is -2.23. The van der Waals surface area contributed by atoms with Crippen LogP contribution in [0.4, 0.5) is 0 Å². The van der Waals surface area contributed by atoms with Crippen LogP contribution in [0.15, 0.2) is 41.5 Å². The van der Waals surface area contributed by atoms with Crippen LogP contribution in [0, 0.1) is 0 Å². The zero-order valence-corrected chi connectivity index (χ0v) is 14.4. The molecule has 23 heavy (non-hydrogen) atoms. The third-order valence-electron chi connectivity index (χ3n) is 3.26. The molecular formula is C19H26O4. The van der Waals surface area contributed by atoms with Crippen molar-refractivity contribution in [3.05, 3.63) is 47.1 Å². The number of benzene rings is 1. The number of phenols is 1. The quantitative estimate of drug-likeness (QED) is 0.560. The van der Waals surface area contributed by atoms with Gasteiger partial charge in [0.05, 0.1) is 6.61 Å². The Kier molecular flexibility index (Phi) is 7.95. The number of hydrogen-bond donors (Lipinski definition) is 1. The highest BCUT2D eigenvalue weighted by atomic mass is 16.5. The summed E-state index contributed by atoms with van der Waals surface area (Å²) in [5.74, 6) is -0.450. The number of hydrogen-bond acceptors (Lipinski definition) is 4. The summed E-state index contributed by atoms with van der Waals surface area (Å²) in [5.41, 5.74) is 2.66. The number of ether oxygens (including phenoxy) is 2. The number of carbonyl (C=O) groups excluding carboxylic acids is 1. The van der Waals surface area contributed by atoms with Crippen molar-refractivity contribution in [2.75, 3.05) is 13.2 Å². The van der Waals surface area contributed by atoms with Crippen LogP contribution >= 0.6 is 0 Å². The molecule has 0 amide bonds. The van der Waals surface area contributed by atoms with Crippen molar-refractivity contribution in [1.29, 1.82) is 0 Å². The number of phenolic OH excluding ortho intramolecular Hbond substituents is 1. The predicted octanol–water partition coefficient (Wildman–Crippen LogP) is 4.64. The largest absolute Gasteiger partial charge is 0.504 e. The van der Waals surface area contributed by atoms with E-state index in [-0.39, 0.29) is 23.7 Å². The maximum atomic E-state index is 11.7. The number of rotatable bonds is 8. The van der Waals surface area contributed by atoms with E-state index in [4.69, 9.17) is 9.47 Å². The summed E-state index contributed by atoms with van der Waals surface area (Å²) in [6.45, 7) is 8.55. The molecule has 0 spiro atoms. The van der Waals surface area contributed by atoms with E-state index in [0.717, 1.165) is 12.8 Å². The number of allylic oxidation sites excluding steroid dienone is 3. The van der Waals surface area contributed by atoms with Gasteiger partial charge in [-0.1, -0.05) is 23.3 Å². The van der Waals surface area contributed by atoms with Crippen LogP contribution in [0.5, 0.6) is 11.5 Å². The van der Waals surface area contributed by atoms with Gasteiger partial charge in [-0.3, -0.25) is 0 Å². The number of para-hydroxylation sites is 1. The van der Waals surface area contributed by atoms with Crippen LogP contribution < -0.4 is 4.74 Å². The molecule has 0 aliphatic heterocycles. The highest BCUT2D eigenvalue weighted by molar-refractivity contribution is 5.93. The van der Waals surface area contributed by atoms with Crippen LogP contribution in [-0.4, -0.2) is 24.3 Å². The van der Waals surface area contributed by atoms with Gasteiger partial charge in [0.15, 0.2) is 11.5 Å². The Morgan fingerprint density at radius 1 is 1.22 bits per heavy atom. The average molecular weight is 318 g/mol. The number of aromatic hydroxyl groups is 1. The summed E-state index contributed by atoms with van der Waals surface area (Å²) < 4.78 is 10.5. The first-order chi connectivity index (χ1) is 11.0. The van der Waals surface area contributed by atoms with E-state index in [0.29, 0.717) is 6.61 Å². The third kappa shape index (κ3) is 6.59. The van der Waals surface area contributed by atoms with Crippen molar-refractivity contribution < 1.29 is 19.4 Å². The SMILES string of the molecule is CCOC(=O)c1cccc(OC/C=C(\C)CCC=C(C)C)c1O. The van der Waals surface area contributed by atoms with E-state index >= 15 is 0 Å². The molecule has 0 bridgehead atoms. The molecule has 126 valence electrons. The van der Waals surface area contributed by atoms with Crippen molar-refractivity contribution >= 4 is 5.97 Å². The first-order valence-electron chi connectivity index (χ1n) is 7.86. The fourth-order valence-electron chi connectivity index (χ4n) is 1.98. The molecule has 0 aliphatic rings. The molecule has 0 radical (unpaired) electrons. The van der Waals surface area contributed by atoms with Gasteiger partial charge in [0.25, 0.3) is 0 Å². The summed E-state index contributed by atoms with van der Waals surface area (Å²) >= 11 is 0. The zero-order chi connectivity index (χ0) is 17.2. The van der Waals surface area contributed by atoms with Crippen LogP contribution in [0.2, 0.25) is 0 Å². The average Bonchev–Trinajstić information content (AvgIpc) is 2.48. The fourth-order valence-corrected chi connectivity index (χ4v) is 1.98. The summed E-state index contributed by atoms with van der Waals surface area (Å²) in [7, 11) is 0. The van der Waals surface area contributed by atoms with Crippen molar-refractivity contribution in [1.82, 2.24) is 0 Å². The molecule has 1 aromatic carbocycles. The molecule has 0 atom stereocenters. The standard InChI is InChI=1S/C19H26O4/c1-5-22-19(21)16-10-7-11-17(18(16)20)23-13-12-15(4)9-6-8-14(2)3/h7-8,10-12,20H,5-6,9,13H2,1-4H3/b15-12+. The van der Waals surface area contributed by atoms with Crippen molar-refractivity contribution in [2.45, 2.75) is 40.5 Å². The third-order valence-corrected chi connectivity index (χ3v) is 3.26. The van der Waals surface area contributed by atoms with Crippen LogP contribution in [0.1, 0.15) is 50.9 Å². The lowest BCUT2D eigenvalue weighted by Gasteiger charge is -2.10. The minimum Gasteiger partial charge on any atom is -0.504 e. The molecule has 4 nitrogen and oxygen atoms in total. The molecule has 0 fully saturated rings. The van der Waals surface area contributed by atoms with E-state index in [2.05, 4.69) is 26.8 Å². The van der Waals surface area contributed by atoms with Crippen molar-refractivity contribution in [3.63, 3.8) is 0 Å². The van der Waals surface area contributed by atoms with Gasteiger partial charge in [0.2, 0.25) is 0 Å². The summed E-state index contributed by atoms with van der Waals surface area (Å²) in [6.07, 6.45) is 6.17. The monoisotopic (exact) mass is 318 g/mol. The molecule has 1 rings (SSSR count).